The number of benzene rings is 1. The van der Waals surface area contributed by atoms with Gasteiger partial charge in [-0.3, -0.25) is 0 Å². The van der Waals surface area contributed by atoms with Gasteiger partial charge in [-0.05, 0) is 18.2 Å². The molecule has 1 N–H and O–H groups in total. The van der Waals surface area contributed by atoms with Gasteiger partial charge >= 0.3 is 11.6 Å². The number of carbonyl (C=O) groups is 1. The SMILES string of the molecule is O=C(O)c1cc2c(Cl)cc(Br)cc2c(=O)o1. The fraction of sp³-hybridized carbons (Fsp3) is 0. The van der Waals surface area contributed by atoms with Crippen molar-refractivity contribution in [1.82, 2.24) is 0 Å². The Balaban J connectivity index is 2.93. The molecule has 0 radical (unpaired) electrons. The van der Waals surface area contributed by atoms with Gasteiger partial charge in [-0.15, -0.1) is 0 Å². The van der Waals surface area contributed by atoms with Gasteiger partial charge in [-0.1, -0.05) is 27.5 Å². The lowest BCUT2D eigenvalue weighted by atomic mass is 10.1. The highest BCUT2D eigenvalue weighted by atomic mass is 79.9. The molecular formula is C10H4BrClO4. The predicted molar refractivity (Wildman–Crippen MR) is 62.2 cm³/mol. The Bertz CT molecular complexity index is 647. The summed E-state index contributed by atoms with van der Waals surface area (Å²) in [5.74, 6) is -1.74. The summed E-state index contributed by atoms with van der Waals surface area (Å²) >= 11 is 9.09. The Hall–Kier alpha value is -1.33. The van der Waals surface area contributed by atoms with Crippen LogP contribution in [0, 0.1) is 0 Å². The molecule has 0 saturated heterocycles. The van der Waals surface area contributed by atoms with Gasteiger partial charge < -0.3 is 9.52 Å². The number of hydrogen-bond donors (Lipinski definition) is 1. The molecule has 0 aliphatic carbocycles. The number of hydrogen-bond acceptors (Lipinski definition) is 3. The molecule has 1 heterocycles. The van der Waals surface area contributed by atoms with E-state index >= 15 is 0 Å². The fourth-order valence-corrected chi connectivity index (χ4v) is 2.18. The van der Waals surface area contributed by atoms with Gasteiger partial charge in [-0.2, -0.15) is 0 Å². The molecule has 6 heteroatoms. The van der Waals surface area contributed by atoms with Crippen molar-refractivity contribution in [3.8, 4) is 0 Å². The zero-order valence-corrected chi connectivity index (χ0v) is 10.0. The number of fused-ring (bicyclic) bond motifs is 1. The number of carboxylic acid groups (broad SMARTS) is 1. The molecule has 2 aromatic rings. The van der Waals surface area contributed by atoms with E-state index in [9.17, 15) is 9.59 Å². The standard InChI is InChI=1S/C10H4BrClO4/c11-4-1-6-5(7(12)2-4)3-8(9(13)14)16-10(6)15/h1-3H,(H,13,14). The zero-order valence-electron chi connectivity index (χ0n) is 7.66. The molecule has 4 nitrogen and oxygen atoms in total. The van der Waals surface area contributed by atoms with Gasteiger partial charge in [-0.25, -0.2) is 9.59 Å². The quantitative estimate of drug-likeness (QED) is 0.879. The van der Waals surface area contributed by atoms with Crippen molar-refractivity contribution < 1.29 is 14.3 Å². The third-order valence-corrected chi connectivity index (χ3v) is 2.77. The van der Waals surface area contributed by atoms with Crippen molar-refractivity contribution in [3.63, 3.8) is 0 Å². The van der Waals surface area contributed by atoms with Crippen molar-refractivity contribution in [2.45, 2.75) is 0 Å². The fourth-order valence-electron chi connectivity index (χ4n) is 1.32. The van der Waals surface area contributed by atoms with E-state index in [1.807, 2.05) is 0 Å². The molecular weight excluding hydrogens is 299 g/mol. The van der Waals surface area contributed by atoms with Crippen LogP contribution in [0.1, 0.15) is 10.6 Å². The van der Waals surface area contributed by atoms with Crippen LogP contribution in [0.15, 0.2) is 31.9 Å². The molecule has 16 heavy (non-hydrogen) atoms. The topological polar surface area (TPSA) is 67.5 Å². The number of halogens is 2. The van der Waals surface area contributed by atoms with E-state index in [0.29, 0.717) is 14.9 Å². The minimum absolute atomic E-state index is 0.240. The Labute approximate surface area is 103 Å². The summed E-state index contributed by atoms with van der Waals surface area (Å²) in [6.45, 7) is 0. The van der Waals surface area contributed by atoms with Gasteiger partial charge in [0.15, 0.2) is 0 Å². The molecule has 0 aliphatic heterocycles. The second kappa shape index (κ2) is 3.92. The van der Waals surface area contributed by atoms with Crippen LogP contribution in [0.5, 0.6) is 0 Å². The zero-order chi connectivity index (χ0) is 11.9. The maximum absolute atomic E-state index is 11.5. The average Bonchev–Trinajstić information content (AvgIpc) is 2.19. The Kier molecular flexibility index (Phi) is 2.73. The Morgan fingerprint density at radius 3 is 2.62 bits per heavy atom. The molecule has 0 saturated carbocycles. The number of aromatic carboxylic acids is 1. The van der Waals surface area contributed by atoms with Gasteiger partial charge in [0.2, 0.25) is 5.76 Å². The maximum atomic E-state index is 11.5. The van der Waals surface area contributed by atoms with E-state index in [2.05, 4.69) is 20.3 Å². The van der Waals surface area contributed by atoms with Crippen LogP contribution in [0.3, 0.4) is 0 Å². The summed E-state index contributed by atoms with van der Waals surface area (Å²) in [6, 6.07) is 4.33. The van der Waals surface area contributed by atoms with E-state index in [0.717, 1.165) is 0 Å². The predicted octanol–water partition coefficient (Wildman–Crippen LogP) is 2.91. The highest BCUT2D eigenvalue weighted by molar-refractivity contribution is 9.10. The van der Waals surface area contributed by atoms with Crippen LogP contribution < -0.4 is 5.63 Å². The smallest absolute Gasteiger partial charge is 0.371 e. The third kappa shape index (κ3) is 1.83. The van der Waals surface area contributed by atoms with E-state index in [-0.39, 0.29) is 5.39 Å². The van der Waals surface area contributed by atoms with E-state index in [1.54, 1.807) is 6.07 Å². The van der Waals surface area contributed by atoms with Crippen molar-refractivity contribution in [2.24, 2.45) is 0 Å². The van der Waals surface area contributed by atoms with E-state index in [4.69, 9.17) is 16.7 Å². The molecule has 1 aromatic heterocycles. The summed E-state index contributed by atoms with van der Waals surface area (Å²) in [5, 5.41) is 9.62. The molecule has 0 spiro atoms. The molecule has 0 aliphatic rings. The first-order valence-electron chi connectivity index (χ1n) is 4.15. The van der Waals surface area contributed by atoms with Crippen LogP contribution in [-0.4, -0.2) is 11.1 Å². The molecule has 0 unspecified atom stereocenters. The Morgan fingerprint density at radius 2 is 2.00 bits per heavy atom. The molecule has 1 aromatic carbocycles. The van der Waals surface area contributed by atoms with Crippen molar-refractivity contribution in [3.05, 3.63) is 43.9 Å². The van der Waals surface area contributed by atoms with Gasteiger partial charge in [0.1, 0.15) is 0 Å². The first-order chi connectivity index (χ1) is 7.49. The van der Waals surface area contributed by atoms with Gasteiger partial charge in [0.25, 0.3) is 0 Å². The minimum atomic E-state index is -1.31. The lowest BCUT2D eigenvalue weighted by molar-refractivity contribution is 0.0658. The summed E-state index contributed by atoms with van der Waals surface area (Å²) in [6.07, 6.45) is 0. The van der Waals surface area contributed by atoms with Crippen molar-refractivity contribution in [1.29, 1.82) is 0 Å². The first kappa shape index (κ1) is 11.2. The molecule has 0 bridgehead atoms. The van der Waals surface area contributed by atoms with E-state index < -0.39 is 17.4 Å². The highest BCUT2D eigenvalue weighted by Gasteiger charge is 2.12. The first-order valence-corrected chi connectivity index (χ1v) is 5.32. The Morgan fingerprint density at radius 1 is 1.31 bits per heavy atom. The molecule has 0 atom stereocenters. The lowest BCUT2D eigenvalue weighted by Gasteiger charge is -2.01. The second-order valence-electron chi connectivity index (χ2n) is 3.05. The third-order valence-electron chi connectivity index (χ3n) is 2.00. The van der Waals surface area contributed by atoms with E-state index in [1.165, 1.54) is 12.1 Å². The summed E-state index contributed by atoms with van der Waals surface area (Å²) in [4.78, 5) is 22.2. The largest absolute Gasteiger partial charge is 0.475 e. The summed E-state index contributed by atoms with van der Waals surface area (Å²) in [5.41, 5.74) is -0.724. The maximum Gasteiger partial charge on any atom is 0.371 e. The van der Waals surface area contributed by atoms with Crippen LogP contribution in [0.4, 0.5) is 0 Å². The van der Waals surface area contributed by atoms with Crippen molar-refractivity contribution >= 4 is 44.3 Å². The van der Waals surface area contributed by atoms with Gasteiger partial charge in [0.05, 0.1) is 5.39 Å². The summed E-state index contributed by atoms with van der Waals surface area (Å²) < 4.78 is 5.25. The molecule has 2 rings (SSSR count). The molecule has 0 amide bonds. The molecule has 0 fully saturated rings. The van der Waals surface area contributed by atoms with Crippen LogP contribution in [-0.2, 0) is 0 Å². The molecule has 82 valence electrons. The minimum Gasteiger partial charge on any atom is -0.475 e. The monoisotopic (exact) mass is 302 g/mol. The van der Waals surface area contributed by atoms with Crippen LogP contribution in [0.25, 0.3) is 10.8 Å². The normalized spacial score (nSPS) is 10.6. The highest BCUT2D eigenvalue weighted by Crippen LogP contribution is 2.26. The average molecular weight is 303 g/mol. The second-order valence-corrected chi connectivity index (χ2v) is 4.37. The lowest BCUT2D eigenvalue weighted by Crippen LogP contribution is -2.06. The van der Waals surface area contributed by atoms with Crippen molar-refractivity contribution in [2.75, 3.05) is 0 Å². The number of rotatable bonds is 1. The van der Waals surface area contributed by atoms with Crippen LogP contribution in [0.2, 0.25) is 5.02 Å². The van der Waals surface area contributed by atoms with Crippen LogP contribution >= 0.6 is 27.5 Å². The number of carboxylic acids is 1. The summed E-state index contributed by atoms with van der Waals surface area (Å²) in [7, 11) is 0. The van der Waals surface area contributed by atoms with Gasteiger partial charge in [0, 0.05) is 14.9 Å².